The van der Waals surface area contributed by atoms with E-state index in [1.165, 1.54) is 4.90 Å². The molecule has 0 radical (unpaired) electrons. The minimum absolute atomic E-state index is 0.534. The van der Waals surface area contributed by atoms with Crippen LogP contribution in [0.15, 0.2) is 0 Å². The van der Waals surface area contributed by atoms with Crippen LogP contribution in [0, 0.1) is 0 Å². The number of hydrogen-bond acceptors (Lipinski definition) is 3. The van der Waals surface area contributed by atoms with Crippen LogP contribution in [0.5, 0.6) is 0 Å². The molecule has 0 saturated carbocycles. The molecule has 1 rings (SSSR count). The summed E-state index contributed by atoms with van der Waals surface area (Å²) in [6, 6.07) is 0. The van der Waals surface area contributed by atoms with Gasteiger partial charge in [-0.25, -0.2) is 5.84 Å². The number of rotatable bonds is 0. The molecule has 1 heterocycles. The smallest absolute Gasteiger partial charge is 0.323 e. The highest BCUT2D eigenvalue weighted by molar-refractivity contribution is 6.34. The highest BCUT2D eigenvalue weighted by Crippen LogP contribution is 2.04. The Kier molecular flexibility index (Phi) is 1.86. The van der Waals surface area contributed by atoms with Gasteiger partial charge in [-0.2, -0.15) is 0 Å². The van der Waals surface area contributed by atoms with Crippen molar-refractivity contribution in [3.63, 3.8) is 0 Å². The van der Waals surface area contributed by atoms with Crippen LogP contribution in [0.2, 0.25) is 0 Å². The van der Waals surface area contributed by atoms with Crippen molar-refractivity contribution in [2.24, 2.45) is 5.84 Å². The van der Waals surface area contributed by atoms with Gasteiger partial charge in [-0.05, 0) is 6.42 Å². The number of nitrogens with zero attached hydrogens (tertiary/aromatic N) is 1. The van der Waals surface area contributed by atoms with E-state index < -0.39 is 11.8 Å². The van der Waals surface area contributed by atoms with Gasteiger partial charge >= 0.3 is 11.8 Å². The van der Waals surface area contributed by atoms with Gasteiger partial charge in [-0.1, -0.05) is 0 Å². The molecule has 0 atom stereocenters. The predicted octanol–water partition coefficient (Wildman–Crippen LogP) is -1.79. The molecular weight excluding hydrogens is 134 g/mol. The standard InChI is InChI=1S/C5H9N3O2/c6-7-4(9)5(10)8-2-1-3-8/h1-3,6H2,(H,7,9). The van der Waals surface area contributed by atoms with Gasteiger partial charge in [0.2, 0.25) is 0 Å². The van der Waals surface area contributed by atoms with Gasteiger partial charge < -0.3 is 4.90 Å². The lowest BCUT2D eigenvalue weighted by Crippen LogP contribution is -2.50. The lowest BCUT2D eigenvalue weighted by atomic mass is 10.2. The number of hydrogen-bond donors (Lipinski definition) is 2. The number of carbonyl (C=O) groups excluding carboxylic acids is 2. The molecule has 0 aromatic carbocycles. The summed E-state index contributed by atoms with van der Waals surface area (Å²) in [6.45, 7) is 1.35. The number of nitrogens with one attached hydrogen (secondary N) is 1. The molecule has 0 aliphatic carbocycles. The van der Waals surface area contributed by atoms with E-state index in [1.807, 2.05) is 0 Å². The average Bonchev–Trinajstić information content (AvgIpc) is 1.82. The molecule has 1 aliphatic rings. The molecule has 0 aromatic rings. The summed E-state index contributed by atoms with van der Waals surface area (Å²) < 4.78 is 0. The van der Waals surface area contributed by atoms with Crippen molar-refractivity contribution in [3.8, 4) is 0 Å². The minimum Gasteiger partial charge on any atom is -0.334 e. The topological polar surface area (TPSA) is 75.4 Å². The molecule has 0 bridgehead atoms. The largest absolute Gasteiger partial charge is 0.334 e. The summed E-state index contributed by atoms with van der Waals surface area (Å²) >= 11 is 0. The fourth-order valence-corrected chi connectivity index (χ4v) is 0.725. The van der Waals surface area contributed by atoms with Crippen molar-refractivity contribution in [2.45, 2.75) is 6.42 Å². The third-order valence-electron chi connectivity index (χ3n) is 1.47. The minimum atomic E-state index is -0.736. The molecule has 0 unspecified atom stereocenters. The summed E-state index contributed by atoms with van der Waals surface area (Å²) in [5.74, 6) is 3.47. The SMILES string of the molecule is NNC(=O)C(=O)N1CCC1. The van der Waals surface area contributed by atoms with Gasteiger partial charge in [0.05, 0.1) is 0 Å². The molecule has 0 spiro atoms. The Bertz CT molecular complexity index is 164. The van der Waals surface area contributed by atoms with Gasteiger partial charge in [0, 0.05) is 13.1 Å². The third kappa shape index (κ3) is 1.08. The van der Waals surface area contributed by atoms with E-state index >= 15 is 0 Å². The van der Waals surface area contributed by atoms with Crippen molar-refractivity contribution in [1.29, 1.82) is 0 Å². The van der Waals surface area contributed by atoms with E-state index in [4.69, 9.17) is 5.84 Å². The number of hydrazine groups is 1. The van der Waals surface area contributed by atoms with Crippen molar-refractivity contribution in [2.75, 3.05) is 13.1 Å². The first-order chi connectivity index (χ1) is 4.75. The van der Waals surface area contributed by atoms with Crippen LogP contribution < -0.4 is 11.3 Å². The summed E-state index contributed by atoms with van der Waals surface area (Å²) in [4.78, 5) is 22.8. The van der Waals surface area contributed by atoms with Crippen LogP contribution in [0.1, 0.15) is 6.42 Å². The molecule has 10 heavy (non-hydrogen) atoms. The molecule has 56 valence electrons. The molecular formula is C5H9N3O2. The molecule has 3 N–H and O–H groups in total. The quantitative estimate of drug-likeness (QED) is 0.182. The van der Waals surface area contributed by atoms with Crippen molar-refractivity contribution < 1.29 is 9.59 Å². The zero-order valence-electron chi connectivity index (χ0n) is 5.46. The van der Waals surface area contributed by atoms with Gasteiger partial charge in [-0.3, -0.25) is 15.0 Å². The first-order valence-corrected chi connectivity index (χ1v) is 3.05. The van der Waals surface area contributed by atoms with E-state index in [-0.39, 0.29) is 0 Å². The second-order valence-electron chi connectivity index (χ2n) is 2.12. The molecule has 5 nitrogen and oxygen atoms in total. The van der Waals surface area contributed by atoms with E-state index in [2.05, 4.69) is 0 Å². The van der Waals surface area contributed by atoms with Crippen LogP contribution in [0.4, 0.5) is 0 Å². The molecule has 2 amide bonds. The van der Waals surface area contributed by atoms with E-state index in [1.54, 1.807) is 5.43 Å². The highest BCUT2D eigenvalue weighted by Gasteiger charge is 2.25. The lowest BCUT2D eigenvalue weighted by Gasteiger charge is -2.29. The maximum atomic E-state index is 10.8. The van der Waals surface area contributed by atoms with Crippen LogP contribution in [-0.4, -0.2) is 29.8 Å². The number of nitrogens with two attached hydrogens (primary N) is 1. The molecule has 5 heteroatoms. The Morgan fingerprint density at radius 1 is 1.40 bits per heavy atom. The molecule has 1 saturated heterocycles. The van der Waals surface area contributed by atoms with Gasteiger partial charge in [0.15, 0.2) is 0 Å². The Labute approximate surface area is 58.1 Å². The summed E-state index contributed by atoms with van der Waals surface area (Å²) in [7, 11) is 0. The van der Waals surface area contributed by atoms with E-state index in [0.717, 1.165) is 6.42 Å². The second-order valence-corrected chi connectivity index (χ2v) is 2.12. The van der Waals surface area contributed by atoms with Crippen LogP contribution in [0.25, 0.3) is 0 Å². The zero-order valence-corrected chi connectivity index (χ0v) is 5.46. The van der Waals surface area contributed by atoms with E-state index in [0.29, 0.717) is 13.1 Å². The molecule has 1 aliphatic heterocycles. The summed E-state index contributed by atoms with van der Waals surface area (Å²) in [6.07, 6.45) is 0.976. The first kappa shape index (κ1) is 7.01. The number of likely N-dealkylation sites (tertiary alicyclic amines) is 1. The second kappa shape index (κ2) is 2.66. The van der Waals surface area contributed by atoms with Crippen LogP contribution >= 0.6 is 0 Å². The Morgan fingerprint density at radius 3 is 2.30 bits per heavy atom. The highest BCUT2D eigenvalue weighted by atomic mass is 16.2. The van der Waals surface area contributed by atoms with Crippen molar-refractivity contribution in [1.82, 2.24) is 10.3 Å². The van der Waals surface area contributed by atoms with Crippen molar-refractivity contribution >= 4 is 11.8 Å². The average molecular weight is 143 g/mol. The third-order valence-corrected chi connectivity index (χ3v) is 1.47. The fraction of sp³-hybridized carbons (Fsp3) is 0.600. The number of amides is 2. The lowest BCUT2D eigenvalue weighted by molar-refractivity contribution is -0.148. The van der Waals surface area contributed by atoms with Crippen LogP contribution in [-0.2, 0) is 9.59 Å². The molecule has 0 aromatic heterocycles. The Hall–Kier alpha value is -1.10. The predicted molar refractivity (Wildman–Crippen MR) is 33.5 cm³/mol. The normalized spacial score (nSPS) is 15.9. The summed E-state index contributed by atoms with van der Waals surface area (Å²) in [5.41, 5.74) is 1.78. The molecule has 1 fully saturated rings. The zero-order chi connectivity index (χ0) is 7.56. The van der Waals surface area contributed by atoms with E-state index in [9.17, 15) is 9.59 Å². The maximum Gasteiger partial charge on any atom is 0.323 e. The Balaban J connectivity index is 2.39. The van der Waals surface area contributed by atoms with Crippen molar-refractivity contribution in [3.05, 3.63) is 0 Å². The maximum absolute atomic E-state index is 10.8. The first-order valence-electron chi connectivity index (χ1n) is 3.05. The number of carbonyl (C=O) groups is 2. The van der Waals surface area contributed by atoms with Gasteiger partial charge in [-0.15, -0.1) is 0 Å². The monoisotopic (exact) mass is 143 g/mol. The Morgan fingerprint density at radius 2 is 2.00 bits per heavy atom. The van der Waals surface area contributed by atoms with Gasteiger partial charge in [0.25, 0.3) is 0 Å². The van der Waals surface area contributed by atoms with Gasteiger partial charge in [0.1, 0.15) is 0 Å². The van der Waals surface area contributed by atoms with Crippen LogP contribution in [0.3, 0.4) is 0 Å². The fourth-order valence-electron chi connectivity index (χ4n) is 0.725. The summed E-state index contributed by atoms with van der Waals surface area (Å²) in [5, 5.41) is 0.